The van der Waals surface area contributed by atoms with Crippen molar-refractivity contribution in [1.29, 1.82) is 0 Å². The highest BCUT2D eigenvalue weighted by molar-refractivity contribution is 5.72. The van der Waals surface area contributed by atoms with Gasteiger partial charge in [0.25, 0.3) is 0 Å². The fraction of sp³-hybridized carbons (Fsp3) is 0.957. The molecule has 2 nitrogen and oxygen atoms in total. The van der Waals surface area contributed by atoms with Crippen LogP contribution in [0.4, 0.5) is 0 Å². The molecule has 0 aromatic heterocycles. The number of carbonyl (C=O) groups is 1. The highest BCUT2D eigenvalue weighted by Gasteiger charge is 2.31. The number of rotatable bonds is 11. The van der Waals surface area contributed by atoms with E-state index in [0.29, 0.717) is 6.61 Å². The van der Waals surface area contributed by atoms with Crippen molar-refractivity contribution in [3.63, 3.8) is 0 Å². The molecular formula is C23H42O2. The maximum Gasteiger partial charge on any atom is 0.308 e. The molecular weight excluding hydrogens is 308 g/mol. The van der Waals surface area contributed by atoms with Gasteiger partial charge in [0.2, 0.25) is 0 Å². The van der Waals surface area contributed by atoms with Gasteiger partial charge in [0.05, 0.1) is 12.5 Å². The second-order valence-corrected chi connectivity index (χ2v) is 8.65. The van der Waals surface area contributed by atoms with Crippen molar-refractivity contribution in [2.24, 2.45) is 17.8 Å². The van der Waals surface area contributed by atoms with Crippen LogP contribution in [0.1, 0.15) is 116 Å². The maximum atomic E-state index is 12.3. The topological polar surface area (TPSA) is 26.3 Å². The molecule has 2 saturated carbocycles. The molecule has 0 atom stereocenters. The van der Waals surface area contributed by atoms with Crippen molar-refractivity contribution < 1.29 is 9.53 Å². The zero-order valence-corrected chi connectivity index (χ0v) is 16.8. The molecule has 0 bridgehead atoms. The van der Waals surface area contributed by atoms with Crippen molar-refractivity contribution in [2.45, 2.75) is 116 Å². The quantitative estimate of drug-likeness (QED) is 0.294. The van der Waals surface area contributed by atoms with Gasteiger partial charge < -0.3 is 4.74 Å². The van der Waals surface area contributed by atoms with Gasteiger partial charge in [-0.2, -0.15) is 0 Å². The van der Waals surface area contributed by atoms with Gasteiger partial charge in [-0.3, -0.25) is 4.79 Å². The lowest BCUT2D eigenvalue weighted by Crippen LogP contribution is -2.28. The van der Waals surface area contributed by atoms with Gasteiger partial charge in [-0.05, 0) is 43.9 Å². The average molecular weight is 351 g/mol. The molecule has 0 aromatic carbocycles. The first-order chi connectivity index (χ1) is 12.3. The normalized spacial score (nSPS) is 25.0. The Morgan fingerprint density at radius 1 is 0.720 bits per heavy atom. The molecule has 2 rings (SSSR count). The highest BCUT2D eigenvalue weighted by atomic mass is 16.5. The Labute approximate surface area is 156 Å². The Morgan fingerprint density at radius 2 is 1.28 bits per heavy atom. The SMILES string of the molecule is CCCCCCCCCCOC(=O)C1CCC(C2CCCCC2)CC1. The van der Waals surface area contributed by atoms with Gasteiger partial charge >= 0.3 is 5.97 Å². The van der Waals surface area contributed by atoms with E-state index >= 15 is 0 Å². The van der Waals surface area contributed by atoms with Crippen LogP contribution in [0.2, 0.25) is 0 Å². The smallest absolute Gasteiger partial charge is 0.308 e. The Kier molecular flexibility index (Phi) is 10.6. The summed E-state index contributed by atoms with van der Waals surface area (Å²) in [6.45, 7) is 2.91. The Morgan fingerprint density at radius 3 is 1.92 bits per heavy atom. The molecule has 0 spiro atoms. The Hall–Kier alpha value is -0.530. The van der Waals surface area contributed by atoms with Crippen molar-refractivity contribution in [3.8, 4) is 0 Å². The van der Waals surface area contributed by atoms with Crippen molar-refractivity contribution in [1.82, 2.24) is 0 Å². The van der Waals surface area contributed by atoms with E-state index in [1.807, 2.05) is 0 Å². The van der Waals surface area contributed by atoms with Crippen LogP contribution in [0.25, 0.3) is 0 Å². The zero-order chi connectivity index (χ0) is 17.7. The minimum Gasteiger partial charge on any atom is -0.465 e. The minimum atomic E-state index is 0.102. The summed E-state index contributed by atoms with van der Waals surface area (Å²) < 4.78 is 5.57. The molecule has 2 aliphatic rings. The summed E-state index contributed by atoms with van der Waals surface area (Å²) in [6, 6.07) is 0. The Balaban J connectivity index is 1.47. The fourth-order valence-corrected chi connectivity index (χ4v) is 4.96. The largest absolute Gasteiger partial charge is 0.465 e. The van der Waals surface area contributed by atoms with Crippen LogP contribution < -0.4 is 0 Å². The van der Waals surface area contributed by atoms with Crippen LogP contribution in [-0.4, -0.2) is 12.6 Å². The van der Waals surface area contributed by atoms with E-state index in [4.69, 9.17) is 4.74 Å². The van der Waals surface area contributed by atoms with Gasteiger partial charge in [-0.25, -0.2) is 0 Å². The molecule has 0 radical (unpaired) electrons. The third kappa shape index (κ3) is 8.13. The van der Waals surface area contributed by atoms with E-state index < -0.39 is 0 Å². The van der Waals surface area contributed by atoms with Gasteiger partial charge in [0, 0.05) is 0 Å². The lowest BCUT2D eigenvalue weighted by molar-refractivity contribution is -0.150. The summed E-state index contributed by atoms with van der Waals surface area (Å²) in [5.41, 5.74) is 0. The van der Waals surface area contributed by atoms with E-state index in [-0.39, 0.29) is 11.9 Å². The van der Waals surface area contributed by atoms with E-state index in [1.165, 1.54) is 89.9 Å². The van der Waals surface area contributed by atoms with E-state index in [1.54, 1.807) is 0 Å². The van der Waals surface area contributed by atoms with Crippen LogP contribution in [0.5, 0.6) is 0 Å². The summed E-state index contributed by atoms with van der Waals surface area (Å²) in [7, 11) is 0. The van der Waals surface area contributed by atoms with Crippen LogP contribution in [0.3, 0.4) is 0 Å². The standard InChI is InChI=1S/C23H42O2/c1-2-3-4-5-6-7-8-12-19-25-23(24)22-17-15-21(16-18-22)20-13-10-9-11-14-20/h20-22H,2-19H2,1H3. The molecule has 146 valence electrons. The van der Waals surface area contributed by atoms with Crippen LogP contribution in [-0.2, 0) is 9.53 Å². The van der Waals surface area contributed by atoms with Gasteiger partial charge in [0.1, 0.15) is 0 Å². The van der Waals surface area contributed by atoms with E-state index in [0.717, 1.165) is 31.1 Å². The molecule has 0 aromatic rings. The zero-order valence-electron chi connectivity index (χ0n) is 16.8. The maximum absolute atomic E-state index is 12.3. The van der Waals surface area contributed by atoms with Crippen LogP contribution in [0, 0.1) is 17.8 Å². The van der Waals surface area contributed by atoms with Crippen LogP contribution in [0.15, 0.2) is 0 Å². The molecule has 0 N–H and O–H groups in total. The van der Waals surface area contributed by atoms with Gasteiger partial charge in [-0.1, -0.05) is 84.0 Å². The molecule has 0 heterocycles. The summed E-state index contributed by atoms with van der Waals surface area (Å²) >= 11 is 0. The number of unbranched alkanes of at least 4 members (excludes halogenated alkanes) is 7. The summed E-state index contributed by atoms with van der Waals surface area (Å²) in [5.74, 6) is 2.17. The number of ether oxygens (including phenoxy) is 1. The van der Waals surface area contributed by atoms with Gasteiger partial charge in [-0.15, -0.1) is 0 Å². The van der Waals surface area contributed by atoms with Crippen LogP contribution >= 0.6 is 0 Å². The third-order valence-corrected chi connectivity index (χ3v) is 6.66. The number of hydrogen-bond acceptors (Lipinski definition) is 2. The van der Waals surface area contributed by atoms with Crippen molar-refractivity contribution in [2.75, 3.05) is 6.61 Å². The number of hydrogen-bond donors (Lipinski definition) is 0. The number of carbonyl (C=O) groups excluding carboxylic acids is 1. The number of esters is 1. The first kappa shape index (κ1) is 20.8. The molecule has 0 amide bonds. The predicted octanol–water partition coefficient (Wildman–Crippen LogP) is 7.06. The van der Waals surface area contributed by atoms with Crippen molar-refractivity contribution in [3.05, 3.63) is 0 Å². The van der Waals surface area contributed by atoms with Crippen molar-refractivity contribution >= 4 is 5.97 Å². The van der Waals surface area contributed by atoms with Gasteiger partial charge in [0.15, 0.2) is 0 Å². The molecule has 2 fully saturated rings. The second-order valence-electron chi connectivity index (χ2n) is 8.65. The Bertz CT molecular complexity index is 338. The summed E-state index contributed by atoms with van der Waals surface area (Å²) in [4.78, 5) is 12.3. The minimum absolute atomic E-state index is 0.102. The molecule has 25 heavy (non-hydrogen) atoms. The van der Waals surface area contributed by atoms with E-state index in [9.17, 15) is 4.79 Å². The molecule has 0 unspecified atom stereocenters. The molecule has 0 saturated heterocycles. The lowest BCUT2D eigenvalue weighted by atomic mass is 9.71. The molecule has 0 aliphatic heterocycles. The monoisotopic (exact) mass is 350 g/mol. The average Bonchev–Trinajstić information content (AvgIpc) is 2.67. The lowest BCUT2D eigenvalue weighted by Gasteiger charge is -2.35. The molecule has 2 aliphatic carbocycles. The molecule has 2 heteroatoms. The first-order valence-electron chi connectivity index (χ1n) is 11.5. The summed E-state index contributed by atoms with van der Waals surface area (Å²) in [6.07, 6.45) is 22.3. The second kappa shape index (κ2) is 12.8. The first-order valence-corrected chi connectivity index (χ1v) is 11.5. The predicted molar refractivity (Wildman–Crippen MR) is 106 cm³/mol. The summed E-state index contributed by atoms with van der Waals surface area (Å²) in [5, 5.41) is 0. The third-order valence-electron chi connectivity index (χ3n) is 6.66. The highest BCUT2D eigenvalue weighted by Crippen LogP contribution is 2.40. The fourth-order valence-electron chi connectivity index (χ4n) is 4.96. The van der Waals surface area contributed by atoms with E-state index in [2.05, 4.69) is 6.92 Å².